The van der Waals surface area contributed by atoms with Crippen molar-refractivity contribution in [2.75, 3.05) is 0 Å². The fraction of sp³-hybridized carbons (Fsp3) is 0.133. The first-order valence-electron chi connectivity index (χ1n) is 6.16. The molecule has 0 N–H and O–H groups in total. The van der Waals surface area contributed by atoms with E-state index >= 15 is 0 Å². The van der Waals surface area contributed by atoms with E-state index < -0.39 is 0 Å². The van der Waals surface area contributed by atoms with Crippen LogP contribution in [0.1, 0.15) is 11.3 Å². The van der Waals surface area contributed by atoms with Crippen LogP contribution >= 0.6 is 23.2 Å². The Morgan fingerprint density at radius 3 is 2.85 bits per heavy atom. The molecule has 0 radical (unpaired) electrons. The Morgan fingerprint density at radius 2 is 2.05 bits per heavy atom. The van der Waals surface area contributed by atoms with Crippen LogP contribution in [0, 0.1) is 0 Å². The smallest absolute Gasteiger partial charge is 0.137 e. The summed E-state index contributed by atoms with van der Waals surface area (Å²) in [7, 11) is 0. The first kappa shape index (κ1) is 13.3. The molecule has 20 heavy (non-hydrogen) atoms. The molecule has 0 aliphatic carbocycles. The van der Waals surface area contributed by atoms with Gasteiger partial charge in [0.05, 0.1) is 11.6 Å². The van der Waals surface area contributed by atoms with Crippen molar-refractivity contribution in [1.82, 2.24) is 9.38 Å². The van der Waals surface area contributed by atoms with Gasteiger partial charge in [0, 0.05) is 23.0 Å². The van der Waals surface area contributed by atoms with Crippen molar-refractivity contribution >= 4 is 28.8 Å². The number of halogens is 2. The van der Waals surface area contributed by atoms with Gasteiger partial charge in [0.15, 0.2) is 0 Å². The standard InChI is InChI=1S/C15H12Cl2N2O/c16-8-12-13(17)4-3-5-14(12)20-10-11-9-19-7-2-1-6-15(19)18-11/h1-7,9H,8,10H2. The van der Waals surface area contributed by atoms with Gasteiger partial charge >= 0.3 is 0 Å². The van der Waals surface area contributed by atoms with Crippen LogP contribution in [-0.2, 0) is 12.5 Å². The lowest BCUT2D eigenvalue weighted by Gasteiger charge is -2.09. The highest BCUT2D eigenvalue weighted by molar-refractivity contribution is 6.32. The van der Waals surface area contributed by atoms with Gasteiger partial charge < -0.3 is 9.14 Å². The largest absolute Gasteiger partial charge is 0.487 e. The number of fused-ring (bicyclic) bond motifs is 1. The molecule has 3 nitrogen and oxygen atoms in total. The van der Waals surface area contributed by atoms with E-state index in [1.54, 1.807) is 6.07 Å². The zero-order valence-electron chi connectivity index (χ0n) is 10.6. The molecule has 0 atom stereocenters. The van der Waals surface area contributed by atoms with Crippen LogP contribution < -0.4 is 4.74 Å². The fourth-order valence-electron chi connectivity index (χ4n) is 2.01. The highest BCUT2D eigenvalue weighted by atomic mass is 35.5. The van der Waals surface area contributed by atoms with E-state index in [9.17, 15) is 0 Å². The molecule has 0 amide bonds. The number of hydrogen-bond donors (Lipinski definition) is 0. The Kier molecular flexibility index (Phi) is 3.81. The third-order valence-electron chi connectivity index (χ3n) is 3.00. The third-order valence-corrected chi connectivity index (χ3v) is 3.62. The molecule has 0 spiro atoms. The molecule has 0 unspecified atom stereocenters. The zero-order valence-corrected chi connectivity index (χ0v) is 12.1. The second kappa shape index (κ2) is 5.73. The van der Waals surface area contributed by atoms with E-state index in [-0.39, 0.29) is 0 Å². The Morgan fingerprint density at radius 1 is 1.15 bits per heavy atom. The Labute approximate surface area is 126 Å². The molecule has 3 rings (SSSR count). The summed E-state index contributed by atoms with van der Waals surface area (Å²) in [4.78, 5) is 4.48. The highest BCUT2D eigenvalue weighted by Crippen LogP contribution is 2.28. The number of pyridine rings is 1. The average Bonchev–Trinajstić information content (AvgIpc) is 2.88. The molecular formula is C15H12Cl2N2O. The Hall–Kier alpha value is -1.71. The van der Waals surface area contributed by atoms with Gasteiger partial charge in [-0.3, -0.25) is 0 Å². The van der Waals surface area contributed by atoms with Gasteiger partial charge in [-0.05, 0) is 24.3 Å². The summed E-state index contributed by atoms with van der Waals surface area (Å²) in [6, 6.07) is 11.4. The van der Waals surface area contributed by atoms with E-state index in [1.807, 2.05) is 47.1 Å². The van der Waals surface area contributed by atoms with E-state index in [4.69, 9.17) is 27.9 Å². The number of hydrogen-bond acceptors (Lipinski definition) is 2. The van der Waals surface area contributed by atoms with Crippen LogP contribution in [0.5, 0.6) is 5.75 Å². The molecule has 0 bridgehead atoms. The van der Waals surface area contributed by atoms with Gasteiger partial charge in [-0.2, -0.15) is 0 Å². The lowest BCUT2D eigenvalue weighted by atomic mass is 10.2. The molecule has 2 aromatic heterocycles. The number of rotatable bonds is 4. The second-order valence-corrected chi connectivity index (χ2v) is 5.01. The topological polar surface area (TPSA) is 26.5 Å². The quantitative estimate of drug-likeness (QED) is 0.672. The molecule has 102 valence electrons. The maximum absolute atomic E-state index is 6.09. The predicted octanol–water partition coefficient (Wildman–Crippen LogP) is 4.31. The van der Waals surface area contributed by atoms with Crippen molar-refractivity contribution < 1.29 is 4.74 Å². The van der Waals surface area contributed by atoms with Gasteiger partial charge in [-0.15, -0.1) is 11.6 Å². The van der Waals surface area contributed by atoms with Crippen LogP contribution in [0.3, 0.4) is 0 Å². The van der Waals surface area contributed by atoms with Gasteiger partial charge in [0.25, 0.3) is 0 Å². The SMILES string of the molecule is ClCc1c(Cl)cccc1OCc1cn2ccccc2n1. The second-order valence-electron chi connectivity index (χ2n) is 4.34. The Bertz CT molecular complexity index is 707. The van der Waals surface area contributed by atoms with Crippen LogP contribution in [0.25, 0.3) is 5.65 Å². The predicted molar refractivity (Wildman–Crippen MR) is 80.5 cm³/mol. The molecular weight excluding hydrogens is 295 g/mol. The van der Waals surface area contributed by atoms with Crippen molar-refractivity contribution in [3.05, 3.63) is 65.1 Å². The lowest BCUT2D eigenvalue weighted by Crippen LogP contribution is -1.98. The number of ether oxygens (including phenoxy) is 1. The monoisotopic (exact) mass is 306 g/mol. The van der Waals surface area contributed by atoms with Gasteiger partial charge in [0.1, 0.15) is 18.0 Å². The van der Waals surface area contributed by atoms with E-state index in [0.29, 0.717) is 23.3 Å². The molecule has 3 aromatic rings. The fourth-order valence-corrected chi connectivity index (χ4v) is 2.59. The molecule has 0 aliphatic heterocycles. The van der Waals surface area contributed by atoms with Gasteiger partial charge in [0.2, 0.25) is 0 Å². The summed E-state index contributed by atoms with van der Waals surface area (Å²) in [5.41, 5.74) is 2.56. The maximum Gasteiger partial charge on any atom is 0.137 e. The summed E-state index contributed by atoms with van der Waals surface area (Å²) >= 11 is 12.0. The van der Waals surface area contributed by atoms with E-state index in [2.05, 4.69) is 4.98 Å². The first-order chi connectivity index (χ1) is 9.78. The molecule has 0 saturated heterocycles. The van der Waals surface area contributed by atoms with E-state index in [0.717, 1.165) is 16.9 Å². The van der Waals surface area contributed by atoms with E-state index in [1.165, 1.54) is 0 Å². The summed E-state index contributed by atoms with van der Waals surface area (Å²) in [6.07, 6.45) is 3.90. The number of aromatic nitrogens is 2. The number of imidazole rings is 1. The van der Waals surface area contributed by atoms with Gasteiger partial charge in [-0.25, -0.2) is 4.98 Å². The van der Waals surface area contributed by atoms with Crippen molar-refractivity contribution in [3.8, 4) is 5.75 Å². The summed E-state index contributed by atoms with van der Waals surface area (Å²) in [6.45, 7) is 0.381. The third kappa shape index (κ3) is 2.60. The molecule has 1 aromatic carbocycles. The minimum Gasteiger partial charge on any atom is -0.487 e. The summed E-state index contributed by atoms with van der Waals surface area (Å²) in [5.74, 6) is 1.02. The summed E-state index contributed by atoms with van der Waals surface area (Å²) in [5, 5.41) is 0.618. The average molecular weight is 307 g/mol. The van der Waals surface area contributed by atoms with Crippen LogP contribution in [0.2, 0.25) is 5.02 Å². The zero-order chi connectivity index (χ0) is 13.9. The molecule has 5 heteroatoms. The number of nitrogens with zero attached hydrogens (tertiary/aromatic N) is 2. The highest BCUT2D eigenvalue weighted by Gasteiger charge is 2.08. The van der Waals surface area contributed by atoms with Crippen LogP contribution in [0.15, 0.2) is 48.8 Å². The molecule has 0 fully saturated rings. The summed E-state index contributed by atoms with van der Waals surface area (Å²) < 4.78 is 7.74. The molecule has 0 saturated carbocycles. The minimum atomic E-state index is 0.320. The first-order valence-corrected chi connectivity index (χ1v) is 7.08. The van der Waals surface area contributed by atoms with Gasteiger partial charge in [-0.1, -0.05) is 23.7 Å². The number of alkyl halides is 1. The maximum atomic E-state index is 6.09. The van der Waals surface area contributed by atoms with Crippen molar-refractivity contribution in [2.45, 2.75) is 12.5 Å². The van der Waals surface area contributed by atoms with Crippen molar-refractivity contribution in [1.29, 1.82) is 0 Å². The number of benzene rings is 1. The van der Waals surface area contributed by atoms with Crippen molar-refractivity contribution in [2.24, 2.45) is 0 Å². The van der Waals surface area contributed by atoms with Crippen LogP contribution in [0.4, 0.5) is 0 Å². The Balaban J connectivity index is 1.81. The van der Waals surface area contributed by atoms with Crippen LogP contribution in [-0.4, -0.2) is 9.38 Å². The molecule has 2 heterocycles. The lowest BCUT2D eigenvalue weighted by molar-refractivity contribution is 0.300. The molecule has 0 aliphatic rings. The normalized spacial score (nSPS) is 10.9. The van der Waals surface area contributed by atoms with Crippen molar-refractivity contribution in [3.63, 3.8) is 0 Å². The minimum absolute atomic E-state index is 0.320.